The van der Waals surface area contributed by atoms with Crippen molar-refractivity contribution < 1.29 is 22.4 Å². The third-order valence-electron chi connectivity index (χ3n) is 5.51. The summed E-state index contributed by atoms with van der Waals surface area (Å²) in [6.07, 6.45) is 0.314. The number of amides is 2. The second-order valence-corrected chi connectivity index (χ2v) is 9.08. The van der Waals surface area contributed by atoms with Crippen LogP contribution in [0, 0.1) is 5.82 Å². The zero-order chi connectivity index (χ0) is 21.5. The fourth-order valence-electron chi connectivity index (χ4n) is 3.60. The van der Waals surface area contributed by atoms with Crippen LogP contribution in [-0.4, -0.2) is 37.2 Å². The van der Waals surface area contributed by atoms with Gasteiger partial charge in [0.1, 0.15) is 11.4 Å². The van der Waals surface area contributed by atoms with E-state index in [9.17, 15) is 22.4 Å². The Morgan fingerprint density at radius 1 is 1.03 bits per heavy atom. The summed E-state index contributed by atoms with van der Waals surface area (Å²) in [6.45, 7) is 1.85. The number of hydrogen-bond donors (Lipinski definition) is 1. The van der Waals surface area contributed by atoms with Crippen LogP contribution in [0.15, 0.2) is 71.6 Å². The van der Waals surface area contributed by atoms with Crippen LogP contribution >= 0.6 is 0 Å². The van der Waals surface area contributed by atoms with Crippen LogP contribution in [-0.2, 0) is 14.8 Å². The Kier molecular flexibility index (Phi) is 4.82. The van der Waals surface area contributed by atoms with Crippen molar-refractivity contribution in [2.75, 3.05) is 6.54 Å². The fourth-order valence-corrected chi connectivity index (χ4v) is 4.71. The Bertz CT molecular complexity index is 1270. The normalized spacial score (nSPS) is 18.7. The summed E-state index contributed by atoms with van der Waals surface area (Å²) < 4.78 is 40.4. The zero-order valence-electron chi connectivity index (χ0n) is 16.1. The molecule has 4 rings (SSSR count). The molecule has 1 unspecified atom stereocenters. The molecule has 0 saturated carbocycles. The zero-order valence-corrected chi connectivity index (χ0v) is 16.9. The van der Waals surface area contributed by atoms with E-state index in [2.05, 4.69) is 0 Å². The minimum Gasteiger partial charge on any atom is -0.324 e. The number of hydrogen-bond acceptors (Lipinski definition) is 4. The Balaban J connectivity index is 1.60. The molecule has 1 aliphatic heterocycles. The first-order chi connectivity index (χ1) is 14.2. The predicted molar refractivity (Wildman–Crippen MR) is 110 cm³/mol. The first-order valence-electron chi connectivity index (χ1n) is 9.35. The number of fused-ring (bicyclic) bond motifs is 1. The molecule has 1 aliphatic rings. The molecule has 6 nitrogen and oxygen atoms in total. The Morgan fingerprint density at radius 2 is 1.73 bits per heavy atom. The summed E-state index contributed by atoms with van der Waals surface area (Å²) in [7, 11) is -4.27. The molecule has 0 aromatic heterocycles. The van der Waals surface area contributed by atoms with Crippen LogP contribution in [0.5, 0.6) is 0 Å². The highest BCUT2D eigenvalue weighted by Crippen LogP contribution is 2.34. The minimum absolute atomic E-state index is 0.314. The SMILES string of the molecule is CC1(C(=O)NS(=O)(=O)c2cccc(F)c2)CCN1C(=O)c1cccc2ccccc12. The number of nitrogens with zero attached hydrogens (tertiary/aromatic N) is 1. The monoisotopic (exact) mass is 426 g/mol. The van der Waals surface area contributed by atoms with E-state index in [4.69, 9.17) is 0 Å². The molecule has 8 heteroatoms. The number of likely N-dealkylation sites (tertiary alicyclic amines) is 1. The van der Waals surface area contributed by atoms with E-state index in [0.717, 1.165) is 22.9 Å². The van der Waals surface area contributed by atoms with Gasteiger partial charge in [-0.3, -0.25) is 9.59 Å². The molecular weight excluding hydrogens is 407 g/mol. The van der Waals surface area contributed by atoms with Crippen LogP contribution in [0.3, 0.4) is 0 Å². The van der Waals surface area contributed by atoms with E-state index in [1.54, 1.807) is 12.1 Å². The number of nitrogens with one attached hydrogen (secondary N) is 1. The van der Waals surface area contributed by atoms with Gasteiger partial charge in [-0.05, 0) is 48.4 Å². The molecule has 1 fully saturated rings. The van der Waals surface area contributed by atoms with Crippen molar-refractivity contribution in [3.05, 3.63) is 78.1 Å². The molecule has 154 valence electrons. The van der Waals surface area contributed by atoms with Gasteiger partial charge in [0.2, 0.25) is 0 Å². The molecule has 0 radical (unpaired) electrons. The highest BCUT2D eigenvalue weighted by Gasteiger charge is 2.50. The molecule has 0 bridgehead atoms. The molecular formula is C22H19FN2O4S. The summed E-state index contributed by atoms with van der Waals surface area (Å²) in [5, 5.41) is 1.65. The van der Waals surface area contributed by atoms with Crippen LogP contribution in [0.4, 0.5) is 4.39 Å². The van der Waals surface area contributed by atoms with Crippen LogP contribution in [0.1, 0.15) is 23.7 Å². The molecule has 0 aliphatic carbocycles. The number of benzene rings is 3. The van der Waals surface area contributed by atoms with Gasteiger partial charge in [0.15, 0.2) is 0 Å². The van der Waals surface area contributed by atoms with E-state index in [0.29, 0.717) is 18.5 Å². The van der Waals surface area contributed by atoms with Gasteiger partial charge < -0.3 is 4.90 Å². The Hall–Kier alpha value is -3.26. The molecule has 3 aromatic carbocycles. The van der Waals surface area contributed by atoms with Gasteiger partial charge in [0.05, 0.1) is 4.90 Å². The molecule has 0 spiro atoms. The van der Waals surface area contributed by atoms with Crippen LogP contribution < -0.4 is 4.72 Å². The van der Waals surface area contributed by atoms with Crippen molar-refractivity contribution in [1.29, 1.82) is 0 Å². The third kappa shape index (κ3) is 3.33. The number of sulfonamides is 1. The number of halogens is 1. The number of carbonyl (C=O) groups excluding carboxylic acids is 2. The summed E-state index contributed by atoms with van der Waals surface area (Å²) >= 11 is 0. The third-order valence-corrected chi connectivity index (χ3v) is 6.83. The smallest absolute Gasteiger partial charge is 0.264 e. The maximum atomic E-state index is 13.4. The lowest BCUT2D eigenvalue weighted by molar-refractivity contribution is -0.135. The molecule has 2 amide bonds. The lowest BCUT2D eigenvalue weighted by atomic mass is 9.84. The van der Waals surface area contributed by atoms with Gasteiger partial charge in [-0.15, -0.1) is 0 Å². The van der Waals surface area contributed by atoms with Crippen LogP contribution in [0.25, 0.3) is 10.8 Å². The Morgan fingerprint density at radius 3 is 2.43 bits per heavy atom. The van der Waals surface area contributed by atoms with Gasteiger partial charge in [-0.25, -0.2) is 17.5 Å². The van der Waals surface area contributed by atoms with E-state index >= 15 is 0 Å². The largest absolute Gasteiger partial charge is 0.324 e. The summed E-state index contributed by atoms with van der Waals surface area (Å²) in [5.41, 5.74) is -0.881. The quantitative estimate of drug-likeness (QED) is 0.695. The second kappa shape index (κ2) is 7.21. The summed E-state index contributed by atoms with van der Waals surface area (Å²) in [4.78, 5) is 27.1. The lowest BCUT2D eigenvalue weighted by Gasteiger charge is -2.48. The van der Waals surface area contributed by atoms with Gasteiger partial charge in [-0.1, -0.05) is 42.5 Å². The van der Waals surface area contributed by atoms with Gasteiger partial charge in [-0.2, -0.15) is 0 Å². The minimum atomic E-state index is -4.27. The topological polar surface area (TPSA) is 83.6 Å². The number of carbonyl (C=O) groups is 2. The summed E-state index contributed by atoms with van der Waals surface area (Å²) in [5.74, 6) is -1.90. The van der Waals surface area contributed by atoms with Crippen molar-refractivity contribution in [1.82, 2.24) is 9.62 Å². The fraction of sp³-hybridized carbons (Fsp3) is 0.182. The van der Waals surface area contributed by atoms with Gasteiger partial charge in [0.25, 0.3) is 21.8 Å². The van der Waals surface area contributed by atoms with Crippen LogP contribution in [0.2, 0.25) is 0 Å². The molecule has 1 N–H and O–H groups in total. The van der Waals surface area contributed by atoms with Crippen molar-refractivity contribution in [3.63, 3.8) is 0 Å². The van der Waals surface area contributed by atoms with Crippen molar-refractivity contribution in [2.45, 2.75) is 23.8 Å². The first kappa shape index (κ1) is 20.0. The second-order valence-electron chi connectivity index (χ2n) is 7.40. The maximum absolute atomic E-state index is 13.4. The highest BCUT2D eigenvalue weighted by molar-refractivity contribution is 7.90. The average molecular weight is 426 g/mol. The van der Waals surface area contributed by atoms with E-state index in [1.165, 1.54) is 24.0 Å². The van der Waals surface area contributed by atoms with E-state index in [-0.39, 0.29) is 10.8 Å². The maximum Gasteiger partial charge on any atom is 0.264 e. The molecule has 1 saturated heterocycles. The van der Waals surface area contributed by atoms with Crippen molar-refractivity contribution >= 4 is 32.6 Å². The Labute approximate surface area is 173 Å². The molecule has 1 heterocycles. The lowest BCUT2D eigenvalue weighted by Crippen LogP contribution is -2.67. The summed E-state index contributed by atoms with van der Waals surface area (Å²) in [6, 6.07) is 17.1. The molecule has 1 atom stereocenters. The average Bonchev–Trinajstić information content (AvgIpc) is 2.71. The van der Waals surface area contributed by atoms with Crippen molar-refractivity contribution in [3.8, 4) is 0 Å². The molecule has 3 aromatic rings. The first-order valence-corrected chi connectivity index (χ1v) is 10.8. The highest BCUT2D eigenvalue weighted by atomic mass is 32.2. The molecule has 30 heavy (non-hydrogen) atoms. The van der Waals surface area contributed by atoms with E-state index < -0.39 is 27.3 Å². The van der Waals surface area contributed by atoms with E-state index in [1.807, 2.05) is 35.1 Å². The van der Waals surface area contributed by atoms with Crippen molar-refractivity contribution in [2.24, 2.45) is 0 Å². The van der Waals surface area contributed by atoms with Gasteiger partial charge in [0, 0.05) is 12.1 Å². The predicted octanol–water partition coefficient (Wildman–Crippen LogP) is 3.09. The standard InChI is InChI=1S/C22H19FN2O4S/c1-22(21(27)24-30(28,29)17-9-5-8-16(23)14-17)12-13-25(22)20(26)19-11-4-7-15-6-2-3-10-18(15)19/h2-11,14H,12-13H2,1H3,(H,24,27). The number of rotatable bonds is 4. The van der Waals surface area contributed by atoms with Gasteiger partial charge >= 0.3 is 0 Å².